The third kappa shape index (κ3) is 6.47. The number of nitrogens with one attached hydrogen (secondary N) is 1. The van der Waals surface area contributed by atoms with Gasteiger partial charge in [0, 0.05) is 22.8 Å². The van der Waals surface area contributed by atoms with Crippen LogP contribution in [0.5, 0.6) is 0 Å². The summed E-state index contributed by atoms with van der Waals surface area (Å²) in [4.78, 5) is 17.2. The molecule has 0 saturated heterocycles. The maximum Gasteiger partial charge on any atom is 0.416 e. The van der Waals surface area contributed by atoms with E-state index in [0.29, 0.717) is 28.5 Å². The molecule has 0 saturated carbocycles. The second kappa shape index (κ2) is 10.9. The summed E-state index contributed by atoms with van der Waals surface area (Å²) in [5, 5.41) is 3.95. The first-order valence-electron chi connectivity index (χ1n) is 11.0. The highest BCUT2D eigenvalue weighted by atomic mass is 32.2. The van der Waals surface area contributed by atoms with Gasteiger partial charge in [-0.25, -0.2) is 19.9 Å². The Morgan fingerprint density at radius 1 is 0.842 bits per heavy atom. The Morgan fingerprint density at radius 3 is 2.18 bits per heavy atom. The molecule has 194 valence electrons. The van der Waals surface area contributed by atoms with Crippen LogP contribution in [0.4, 0.5) is 24.7 Å². The number of rotatable bonds is 4. The topological polar surface area (TPSA) is 118 Å². The Morgan fingerprint density at radius 2 is 1.55 bits per heavy atom. The minimum absolute atomic E-state index is 0.0741. The van der Waals surface area contributed by atoms with Gasteiger partial charge in [0.25, 0.3) is 10.1 Å². The first kappa shape index (κ1) is 26.6. The van der Waals surface area contributed by atoms with E-state index in [4.69, 9.17) is 4.55 Å². The number of fused-ring (bicyclic) bond motifs is 1. The van der Waals surface area contributed by atoms with Gasteiger partial charge in [0.1, 0.15) is 12.1 Å². The lowest BCUT2D eigenvalue weighted by atomic mass is 10.1. The van der Waals surface area contributed by atoms with Crippen molar-refractivity contribution in [2.75, 3.05) is 5.32 Å². The molecule has 0 aliphatic carbocycles. The maximum absolute atomic E-state index is 12.7. The van der Waals surface area contributed by atoms with Crippen molar-refractivity contribution in [3.8, 4) is 11.4 Å². The van der Waals surface area contributed by atoms with E-state index in [0.717, 1.165) is 23.1 Å². The molecule has 0 radical (unpaired) electrons. The summed E-state index contributed by atoms with van der Waals surface area (Å²) in [7, 11) is -4.00. The molecule has 5 rings (SSSR count). The molecule has 3 aromatic heterocycles. The summed E-state index contributed by atoms with van der Waals surface area (Å²) >= 11 is 0. The lowest BCUT2D eigenvalue weighted by Gasteiger charge is -2.12. The Labute approximate surface area is 216 Å². The minimum atomic E-state index is -4.37. The molecular weight excluding hydrogens is 519 g/mol. The molecule has 0 unspecified atom stereocenters. The lowest BCUT2D eigenvalue weighted by molar-refractivity contribution is -0.137. The molecule has 0 aliphatic heterocycles. The third-order valence-corrected chi connectivity index (χ3v) is 6.17. The summed E-state index contributed by atoms with van der Waals surface area (Å²) in [5.74, 6) is 0.493. The average Bonchev–Trinajstić information content (AvgIpc) is 2.90. The van der Waals surface area contributed by atoms with E-state index in [1.807, 2.05) is 31.2 Å². The van der Waals surface area contributed by atoms with Crippen molar-refractivity contribution in [1.29, 1.82) is 0 Å². The molecule has 0 bridgehead atoms. The van der Waals surface area contributed by atoms with Crippen LogP contribution in [0.2, 0.25) is 0 Å². The van der Waals surface area contributed by atoms with Crippen LogP contribution in [0.25, 0.3) is 22.4 Å². The fourth-order valence-electron chi connectivity index (χ4n) is 3.39. The molecule has 38 heavy (non-hydrogen) atoms. The van der Waals surface area contributed by atoms with E-state index in [2.05, 4.69) is 25.3 Å². The zero-order chi connectivity index (χ0) is 27.3. The molecule has 8 nitrogen and oxygen atoms in total. The number of benzene rings is 2. The Balaban J connectivity index is 0.000000283. The molecule has 3 heterocycles. The Hall–Kier alpha value is -4.42. The maximum atomic E-state index is 12.7. The van der Waals surface area contributed by atoms with Gasteiger partial charge in [-0.1, -0.05) is 18.2 Å². The second-order valence-corrected chi connectivity index (χ2v) is 9.35. The van der Waals surface area contributed by atoms with Crippen molar-refractivity contribution in [3.05, 3.63) is 103 Å². The van der Waals surface area contributed by atoms with Gasteiger partial charge in [-0.15, -0.1) is 0 Å². The van der Waals surface area contributed by atoms with Gasteiger partial charge in [0.2, 0.25) is 0 Å². The van der Waals surface area contributed by atoms with Crippen molar-refractivity contribution in [2.24, 2.45) is 0 Å². The van der Waals surface area contributed by atoms with Crippen LogP contribution in [0.1, 0.15) is 11.1 Å². The Bertz CT molecular complexity index is 1660. The van der Waals surface area contributed by atoms with Crippen molar-refractivity contribution in [1.82, 2.24) is 19.9 Å². The number of halogens is 3. The predicted molar refractivity (Wildman–Crippen MR) is 136 cm³/mol. The van der Waals surface area contributed by atoms with E-state index in [1.165, 1.54) is 30.6 Å². The molecule has 0 aliphatic rings. The molecule has 2 N–H and O–H groups in total. The number of nitrogens with zero attached hydrogens (tertiary/aromatic N) is 4. The van der Waals surface area contributed by atoms with Gasteiger partial charge in [-0.05, 0) is 67.6 Å². The zero-order valence-corrected chi connectivity index (χ0v) is 20.6. The second-order valence-electron chi connectivity index (χ2n) is 7.93. The molecule has 0 fully saturated rings. The summed E-state index contributed by atoms with van der Waals surface area (Å²) in [6.07, 6.45) is -1.31. The van der Waals surface area contributed by atoms with Gasteiger partial charge in [0.15, 0.2) is 5.65 Å². The molecule has 12 heteroatoms. The van der Waals surface area contributed by atoms with E-state index < -0.39 is 21.9 Å². The number of hydrogen-bond acceptors (Lipinski definition) is 7. The standard InChI is InChI=1S/C20H14F3N5.C6H6O3S/c1-12-17(16-9-4-13-3-2-10-24-19(13)28-16)25-11-26-18(12)27-15-7-5-14(6-8-15)20(21,22)23;7-10(8,9)6-4-2-1-3-5-6/h2-11H,1H3,(H,25,26,27);1-5H,(H,7,8,9). The summed E-state index contributed by atoms with van der Waals surface area (Å²) in [6.45, 7) is 1.83. The number of aromatic nitrogens is 4. The van der Waals surface area contributed by atoms with Crippen molar-refractivity contribution < 1.29 is 26.1 Å². The van der Waals surface area contributed by atoms with Crippen LogP contribution >= 0.6 is 0 Å². The molecule has 0 spiro atoms. The molecule has 0 amide bonds. The van der Waals surface area contributed by atoms with E-state index in [-0.39, 0.29) is 4.90 Å². The number of anilines is 2. The monoisotopic (exact) mass is 539 g/mol. The number of hydrogen-bond donors (Lipinski definition) is 2. The highest BCUT2D eigenvalue weighted by molar-refractivity contribution is 7.85. The third-order valence-electron chi connectivity index (χ3n) is 5.31. The van der Waals surface area contributed by atoms with Gasteiger partial charge >= 0.3 is 6.18 Å². The smallest absolute Gasteiger partial charge is 0.340 e. The number of alkyl halides is 3. The summed E-state index contributed by atoms with van der Waals surface area (Å²) in [5.41, 5.74) is 2.39. The summed E-state index contributed by atoms with van der Waals surface area (Å²) < 4.78 is 67.4. The molecular formula is C26H20F3N5O3S. The van der Waals surface area contributed by atoms with Crippen LogP contribution in [0.3, 0.4) is 0 Å². The van der Waals surface area contributed by atoms with Gasteiger partial charge in [-0.2, -0.15) is 21.6 Å². The van der Waals surface area contributed by atoms with Crippen LogP contribution in [-0.2, 0) is 16.3 Å². The van der Waals surface area contributed by atoms with E-state index in [9.17, 15) is 21.6 Å². The molecule has 0 atom stereocenters. The van der Waals surface area contributed by atoms with Crippen molar-refractivity contribution in [3.63, 3.8) is 0 Å². The van der Waals surface area contributed by atoms with Crippen LogP contribution in [0.15, 0.2) is 96.3 Å². The van der Waals surface area contributed by atoms with Crippen molar-refractivity contribution in [2.45, 2.75) is 18.0 Å². The quantitative estimate of drug-likeness (QED) is 0.264. The van der Waals surface area contributed by atoms with Crippen LogP contribution < -0.4 is 5.32 Å². The zero-order valence-electron chi connectivity index (χ0n) is 19.8. The predicted octanol–water partition coefficient (Wildman–Crippen LogP) is 6.09. The largest absolute Gasteiger partial charge is 0.416 e. The van der Waals surface area contributed by atoms with Gasteiger partial charge in [0.05, 0.1) is 21.8 Å². The minimum Gasteiger partial charge on any atom is -0.340 e. The lowest BCUT2D eigenvalue weighted by Crippen LogP contribution is -2.05. The normalized spacial score (nSPS) is 11.5. The van der Waals surface area contributed by atoms with Gasteiger partial charge in [-0.3, -0.25) is 4.55 Å². The fraction of sp³-hybridized carbons (Fsp3) is 0.0769. The van der Waals surface area contributed by atoms with Crippen LogP contribution in [0, 0.1) is 6.92 Å². The average molecular weight is 540 g/mol. The van der Waals surface area contributed by atoms with E-state index in [1.54, 1.807) is 24.4 Å². The number of pyridine rings is 2. The fourth-order valence-corrected chi connectivity index (χ4v) is 3.89. The SMILES string of the molecule is Cc1c(Nc2ccc(C(F)(F)F)cc2)ncnc1-c1ccc2cccnc2n1.O=S(=O)(O)c1ccccc1. The summed E-state index contributed by atoms with van der Waals surface area (Å²) in [6, 6.07) is 19.7. The first-order chi connectivity index (χ1) is 18.0. The molecule has 2 aromatic carbocycles. The molecule has 5 aromatic rings. The van der Waals surface area contributed by atoms with E-state index >= 15 is 0 Å². The Kier molecular flexibility index (Phi) is 7.65. The highest BCUT2D eigenvalue weighted by Crippen LogP contribution is 2.31. The van der Waals surface area contributed by atoms with Crippen LogP contribution in [-0.4, -0.2) is 32.9 Å². The van der Waals surface area contributed by atoms with Gasteiger partial charge < -0.3 is 5.32 Å². The first-order valence-corrected chi connectivity index (χ1v) is 12.5. The highest BCUT2D eigenvalue weighted by Gasteiger charge is 2.30. The van der Waals surface area contributed by atoms with Crippen molar-refractivity contribution >= 4 is 32.7 Å².